The third-order valence-electron chi connectivity index (χ3n) is 2.18. The summed E-state index contributed by atoms with van der Waals surface area (Å²) in [5.74, 6) is 0. The van der Waals surface area contributed by atoms with Gasteiger partial charge in [0.1, 0.15) is 0 Å². The zero-order chi connectivity index (χ0) is 12.0. The molecule has 3 heteroatoms. The van der Waals surface area contributed by atoms with Crippen molar-refractivity contribution in [3.05, 3.63) is 53.5 Å². The minimum atomic E-state index is 0.646. The van der Waals surface area contributed by atoms with Gasteiger partial charge in [-0.25, -0.2) is 0 Å². The van der Waals surface area contributed by atoms with Crippen LogP contribution in [0.5, 0.6) is 0 Å². The second kappa shape index (κ2) is 5.75. The lowest BCUT2D eigenvalue weighted by molar-refractivity contribution is 1.25. The topological polar surface area (TPSA) is 50.4 Å². The van der Waals surface area contributed by atoms with Crippen molar-refractivity contribution in [2.45, 2.75) is 13.8 Å². The van der Waals surface area contributed by atoms with Crippen LogP contribution in [0.4, 0.5) is 5.69 Å². The van der Waals surface area contributed by atoms with E-state index in [2.05, 4.69) is 24.0 Å². The molecule has 0 fully saturated rings. The number of nitrogens with zero attached hydrogens (tertiary/aromatic N) is 1. The molecule has 1 aromatic carbocycles. The molecule has 3 nitrogen and oxygen atoms in total. The van der Waals surface area contributed by atoms with Gasteiger partial charge in [0.2, 0.25) is 0 Å². The highest BCUT2D eigenvalue weighted by molar-refractivity contribution is 5.50. The first-order valence-corrected chi connectivity index (χ1v) is 5.06. The molecule has 84 valence electrons. The summed E-state index contributed by atoms with van der Waals surface area (Å²) in [5.41, 5.74) is 9.61. The second-order valence-electron chi connectivity index (χ2n) is 3.57. The molecule has 16 heavy (non-hydrogen) atoms. The van der Waals surface area contributed by atoms with Crippen LogP contribution < -0.4 is 11.1 Å². The lowest BCUT2D eigenvalue weighted by atomic mass is 10.2. The second-order valence-corrected chi connectivity index (χ2v) is 3.57. The third kappa shape index (κ3) is 3.61. The normalized spacial score (nSPS) is 12.4. The van der Waals surface area contributed by atoms with Crippen molar-refractivity contribution in [2.75, 3.05) is 5.32 Å². The van der Waals surface area contributed by atoms with Crippen molar-refractivity contribution >= 4 is 12.4 Å². The molecule has 0 aliphatic heterocycles. The lowest BCUT2D eigenvalue weighted by Crippen LogP contribution is -2.05. The summed E-state index contributed by atoms with van der Waals surface area (Å²) in [6, 6.07) is 8.13. The average Bonchev–Trinajstić information content (AvgIpc) is 2.29. The molecule has 0 saturated heterocycles. The lowest BCUT2D eigenvalue weighted by Gasteiger charge is -2.08. The van der Waals surface area contributed by atoms with Crippen LogP contribution in [-0.4, -0.2) is 6.72 Å². The highest BCUT2D eigenvalue weighted by atomic mass is 14.9. The van der Waals surface area contributed by atoms with Crippen LogP contribution in [0.1, 0.15) is 12.5 Å². The van der Waals surface area contributed by atoms with Gasteiger partial charge in [-0.15, -0.1) is 0 Å². The SMILES string of the molecule is C=N/C=C\C(N)=C(/C)Nc1ccc(C)cc1. The molecule has 0 radical (unpaired) electrons. The summed E-state index contributed by atoms with van der Waals surface area (Å²) in [4.78, 5) is 3.60. The van der Waals surface area contributed by atoms with Gasteiger partial charge >= 0.3 is 0 Å². The van der Waals surface area contributed by atoms with Gasteiger partial charge in [0.15, 0.2) is 0 Å². The zero-order valence-corrected chi connectivity index (χ0v) is 9.70. The van der Waals surface area contributed by atoms with E-state index in [9.17, 15) is 0 Å². The molecule has 0 aliphatic rings. The molecular formula is C13H17N3. The molecule has 0 unspecified atom stereocenters. The van der Waals surface area contributed by atoms with Crippen molar-refractivity contribution in [1.82, 2.24) is 0 Å². The molecule has 1 aromatic rings. The largest absolute Gasteiger partial charge is 0.397 e. The van der Waals surface area contributed by atoms with Gasteiger partial charge in [-0.2, -0.15) is 0 Å². The Labute approximate surface area is 96.4 Å². The smallest absolute Gasteiger partial charge is 0.0522 e. The first kappa shape index (κ1) is 12.0. The van der Waals surface area contributed by atoms with E-state index in [0.29, 0.717) is 5.70 Å². The third-order valence-corrected chi connectivity index (χ3v) is 2.18. The highest BCUT2D eigenvalue weighted by Crippen LogP contribution is 2.12. The van der Waals surface area contributed by atoms with Gasteiger partial charge in [0.25, 0.3) is 0 Å². The molecule has 3 N–H and O–H groups in total. The van der Waals surface area contributed by atoms with Gasteiger partial charge in [-0.3, -0.25) is 4.99 Å². The Morgan fingerprint density at radius 3 is 2.56 bits per heavy atom. The van der Waals surface area contributed by atoms with Crippen LogP contribution in [-0.2, 0) is 0 Å². The van der Waals surface area contributed by atoms with Gasteiger partial charge in [0.05, 0.1) is 5.70 Å². The predicted molar refractivity (Wildman–Crippen MR) is 70.4 cm³/mol. The number of rotatable bonds is 4. The van der Waals surface area contributed by atoms with Gasteiger partial charge in [-0.05, 0) is 38.8 Å². The maximum absolute atomic E-state index is 5.82. The standard InChI is InChI=1S/C13H17N3/c1-10-4-6-12(7-5-10)16-11(2)13(14)8-9-15-3/h4-9,16H,3,14H2,1-2H3/b9-8-,13-11-. The summed E-state index contributed by atoms with van der Waals surface area (Å²) in [6.07, 6.45) is 3.28. The Balaban J connectivity index is 2.77. The van der Waals surface area contributed by atoms with E-state index in [0.717, 1.165) is 11.4 Å². The van der Waals surface area contributed by atoms with Crippen molar-refractivity contribution in [2.24, 2.45) is 10.7 Å². The van der Waals surface area contributed by atoms with Crippen molar-refractivity contribution in [1.29, 1.82) is 0 Å². The van der Waals surface area contributed by atoms with Crippen LogP contribution in [0.15, 0.2) is 52.9 Å². The van der Waals surface area contributed by atoms with E-state index in [-0.39, 0.29) is 0 Å². The van der Waals surface area contributed by atoms with Crippen LogP contribution in [0.25, 0.3) is 0 Å². The molecule has 1 rings (SSSR count). The Kier molecular flexibility index (Phi) is 4.33. The molecular weight excluding hydrogens is 198 g/mol. The fourth-order valence-corrected chi connectivity index (χ4v) is 1.18. The van der Waals surface area contributed by atoms with E-state index in [1.165, 1.54) is 5.56 Å². The van der Waals surface area contributed by atoms with Crippen molar-refractivity contribution < 1.29 is 0 Å². The van der Waals surface area contributed by atoms with Gasteiger partial charge in [-0.1, -0.05) is 17.7 Å². The van der Waals surface area contributed by atoms with Crippen LogP contribution >= 0.6 is 0 Å². The first-order chi connectivity index (χ1) is 7.63. The number of benzene rings is 1. The number of hydrogen-bond donors (Lipinski definition) is 2. The van der Waals surface area contributed by atoms with E-state index in [4.69, 9.17) is 5.73 Å². The summed E-state index contributed by atoms with van der Waals surface area (Å²) in [5, 5.41) is 3.22. The van der Waals surface area contributed by atoms with Crippen molar-refractivity contribution in [3.63, 3.8) is 0 Å². The summed E-state index contributed by atoms with van der Waals surface area (Å²) in [7, 11) is 0. The summed E-state index contributed by atoms with van der Waals surface area (Å²) in [6.45, 7) is 7.32. The van der Waals surface area contributed by atoms with Crippen molar-refractivity contribution in [3.8, 4) is 0 Å². The Hall–Kier alpha value is -2.03. The highest BCUT2D eigenvalue weighted by Gasteiger charge is 1.95. The predicted octanol–water partition coefficient (Wildman–Crippen LogP) is 2.81. The maximum atomic E-state index is 5.82. The number of nitrogens with one attached hydrogen (secondary N) is 1. The molecule has 0 heterocycles. The zero-order valence-electron chi connectivity index (χ0n) is 9.70. The number of nitrogens with two attached hydrogens (primary N) is 1. The minimum Gasteiger partial charge on any atom is -0.397 e. The van der Waals surface area contributed by atoms with Gasteiger partial charge in [0, 0.05) is 17.6 Å². The van der Waals surface area contributed by atoms with Crippen LogP contribution in [0, 0.1) is 6.92 Å². The van der Waals surface area contributed by atoms with E-state index in [1.54, 1.807) is 12.3 Å². The fourth-order valence-electron chi connectivity index (χ4n) is 1.18. The fraction of sp³-hybridized carbons (Fsp3) is 0.154. The van der Waals surface area contributed by atoms with Gasteiger partial charge < -0.3 is 11.1 Å². The Morgan fingerprint density at radius 1 is 1.38 bits per heavy atom. The number of hydrogen-bond acceptors (Lipinski definition) is 3. The number of anilines is 1. The van der Waals surface area contributed by atoms with E-state index < -0.39 is 0 Å². The molecule has 0 aromatic heterocycles. The average molecular weight is 215 g/mol. The number of aryl methyl sites for hydroxylation is 1. The number of allylic oxidation sites excluding steroid dienone is 2. The van der Waals surface area contributed by atoms with E-state index >= 15 is 0 Å². The molecule has 0 bridgehead atoms. The summed E-state index contributed by atoms with van der Waals surface area (Å²) >= 11 is 0. The molecule has 0 aliphatic carbocycles. The summed E-state index contributed by atoms with van der Waals surface area (Å²) < 4.78 is 0. The Bertz CT molecular complexity index is 413. The van der Waals surface area contributed by atoms with Crippen LogP contribution in [0.2, 0.25) is 0 Å². The maximum Gasteiger partial charge on any atom is 0.0522 e. The molecule has 0 atom stereocenters. The Morgan fingerprint density at radius 2 is 2.00 bits per heavy atom. The molecule has 0 amide bonds. The molecule has 0 spiro atoms. The van der Waals surface area contributed by atoms with E-state index in [1.807, 2.05) is 31.2 Å². The van der Waals surface area contributed by atoms with Crippen LogP contribution in [0.3, 0.4) is 0 Å². The molecule has 0 saturated carbocycles. The first-order valence-electron chi connectivity index (χ1n) is 5.06. The monoisotopic (exact) mass is 215 g/mol. The number of aliphatic imine (C=N–C) groups is 1. The minimum absolute atomic E-state index is 0.646. The quantitative estimate of drug-likeness (QED) is 0.599.